The van der Waals surface area contributed by atoms with Gasteiger partial charge in [-0.3, -0.25) is 0 Å². The highest BCUT2D eigenvalue weighted by molar-refractivity contribution is 5.51. The molecule has 0 aliphatic carbocycles. The molecule has 0 spiro atoms. The second-order valence-corrected chi connectivity index (χ2v) is 5.51. The van der Waals surface area contributed by atoms with Gasteiger partial charge in [0, 0.05) is 28.4 Å². The SMILES string of the molecule is COC[C@H]1O/C(=C\C=C\c2ccccc2)[C@H](OC)[C@@H](OC)[C@@H]1OC. The van der Waals surface area contributed by atoms with E-state index >= 15 is 0 Å². The molecule has 5 heteroatoms. The Morgan fingerprint density at radius 2 is 1.67 bits per heavy atom. The number of benzene rings is 1. The first kappa shape index (κ1) is 18.7. The first-order valence-corrected chi connectivity index (χ1v) is 7.92. The minimum atomic E-state index is -0.339. The topological polar surface area (TPSA) is 46.2 Å². The number of hydrogen-bond acceptors (Lipinski definition) is 5. The Labute approximate surface area is 143 Å². The summed E-state index contributed by atoms with van der Waals surface area (Å²) in [5.74, 6) is 0.701. The van der Waals surface area contributed by atoms with Crippen LogP contribution in [0.3, 0.4) is 0 Å². The van der Waals surface area contributed by atoms with Crippen LogP contribution in [0.15, 0.2) is 48.2 Å². The van der Waals surface area contributed by atoms with Crippen LogP contribution in [0.2, 0.25) is 0 Å². The molecule has 1 aromatic carbocycles. The molecule has 5 nitrogen and oxygen atoms in total. The van der Waals surface area contributed by atoms with Crippen LogP contribution in [0.4, 0.5) is 0 Å². The largest absolute Gasteiger partial charge is 0.487 e. The monoisotopic (exact) mass is 334 g/mol. The summed E-state index contributed by atoms with van der Waals surface area (Å²) >= 11 is 0. The van der Waals surface area contributed by atoms with Gasteiger partial charge in [0.25, 0.3) is 0 Å². The van der Waals surface area contributed by atoms with Gasteiger partial charge in [0.2, 0.25) is 0 Å². The molecule has 0 bridgehead atoms. The van der Waals surface area contributed by atoms with Crippen LogP contribution < -0.4 is 0 Å². The first-order valence-electron chi connectivity index (χ1n) is 7.92. The van der Waals surface area contributed by atoms with E-state index in [1.165, 1.54) is 0 Å². The zero-order valence-corrected chi connectivity index (χ0v) is 14.7. The molecule has 0 unspecified atom stereocenters. The van der Waals surface area contributed by atoms with Crippen LogP contribution >= 0.6 is 0 Å². The first-order chi connectivity index (χ1) is 11.7. The zero-order valence-electron chi connectivity index (χ0n) is 14.7. The van der Waals surface area contributed by atoms with E-state index in [0.29, 0.717) is 12.4 Å². The zero-order chi connectivity index (χ0) is 17.4. The summed E-state index contributed by atoms with van der Waals surface area (Å²) < 4.78 is 28.1. The third-order valence-corrected chi connectivity index (χ3v) is 4.03. The third-order valence-electron chi connectivity index (χ3n) is 4.03. The molecule has 1 fully saturated rings. The van der Waals surface area contributed by atoms with Crippen LogP contribution in [0.5, 0.6) is 0 Å². The Kier molecular flexibility index (Phi) is 7.46. The van der Waals surface area contributed by atoms with Gasteiger partial charge in [0.15, 0.2) is 6.10 Å². The van der Waals surface area contributed by atoms with Crippen molar-refractivity contribution < 1.29 is 23.7 Å². The van der Waals surface area contributed by atoms with Crippen molar-refractivity contribution in [2.75, 3.05) is 35.0 Å². The molecule has 24 heavy (non-hydrogen) atoms. The highest BCUT2D eigenvalue weighted by Gasteiger charge is 2.44. The van der Waals surface area contributed by atoms with E-state index in [9.17, 15) is 0 Å². The van der Waals surface area contributed by atoms with Gasteiger partial charge in [0.1, 0.15) is 24.1 Å². The summed E-state index contributed by atoms with van der Waals surface area (Å²) in [7, 11) is 6.56. The van der Waals surface area contributed by atoms with E-state index in [1.807, 2.05) is 48.6 Å². The van der Waals surface area contributed by atoms with E-state index in [2.05, 4.69) is 0 Å². The molecule has 0 aromatic heterocycles. The van der Waals surface area contributed by atoms with Gasteiger partial charge in [-0.2, -0.15) is 0 Å². The van der Waals surface area contributed by atoms with E-state index in [4.69, 9.17) is 23.7 Å². The van der Waals surface area contributed by atoms with Gasteiger partial charge in [0.05, 0.1) is 6.61 Å². The minimum Gasteiger partial charge on any atom is -0.487 e. The fourth-order valence-electron chi connectivity index (χ4n) is 2.89. The van der Waals surface area contributed by atoms with Crippen molar-refractivity contribution >= 4 is 6.08 Å². The van der Waals surface area contributed by atoms with Crippen molar-refractivity contribution in [1.29, 1.82) is 0 Å². The number of ether oxygens (including phenoxy) is 5. The van der Waals surface area contributed by atoms with Gasteiger partial charge in [-0.05, 0) is 11.6 Å². The Bertz CT molecular complexity index is 540. The lowest BCUT2D eigenvalue weighted by molar-refractivity contribution is -0.193. The lowest BCUT2D eigenvalue weighted by Gasteiger charge is -2.41. The van der Waals surface area contributed by atoms with Gasteiger partial charge < -0.3 is 23.7 Å². The molecule has 0 amide bonds. The lowest BCUT2D eigenvalue weighted by Crippen LogP contribution is -2.55. The summed E-state index contributed by atoms with van der Waals surface area (Å²) in [6.07, 6.45) is 4.72. The molecule has 1 heterocycles. The van der Waals surface area contributed by atoms with E-state index in [0.717, 1.165) is 5.56 Å². The molecule has 0 radical (unpaired) electrons. The number of hydrogen-bond donors (Lipinski definition) is 0. The van der Waals surface area contributed by atoms with Crippen molar-refractivity contribution in [3.8, 4) is 0 Å². The predicted octanol–water partition coefficient (Wildman–Crippen LogP) is 2.67. The molecule has 1 aliphatic heterocycles. The van der Waals surface area contributed by atoms with Crippen molar-refractivity contribution in [2.45, 2.75) is 24.4 Å². The van der Waals surface area contributed by atoms with Crippen LogP contribution in [0.1, 0.15) is 5.56 Å². The average molecular weight is 334 g/mol. The summed E-state index contributed by atoms with van der Waals surface area (Å²) in [6.45, 7) is 0.411. The molecule has 0 saturated carbocycles. The van der Waals surface area contributed by atoms with Crippen LogP contribution in [0.25, 0.3) is 6.08 Å². The maximum atomic E-state index is 6.06. The summed E-state index contributed by atoms with van der Waals surface area (Å²) in [6, 6.07) is 10.1. The third kappa shape index (κ3) is 4.45. The lowest BCUT2D eigenvalue weighted by atomic mass is 9.97. The quantitative estimate of drug-likeness (QED) is 0.767. The maximum absolute atomic E-state index is 6.06. The fraction of sp³-hybridized carbons (Fsp3) is 0.474. The molecule has 1 aromatic rings. The van der Waals surface area contributed by atoms with E-state index in [-0.39, 0.29) is 24.4 Å². The highest BCUT2D eigenvalue weighted by Crippen LogP contribution is 2.29. The molecule has 0 N–H and O–H groups in total. The Morgan fingerprint density at radius 3 is 2.25 bits per heavy atom. The fourth-order valence-corrected chi connectivity index (χ4v) is 2.89. The molecule has 1 saturated heterocycles. The Balaban J connectivity index is 2.22. The molecule has 4 atom stereocenters. The summed E-state index contributed by atoms with van der Waals surface area (Å²) in [5.41, 5.74) is 1.12. The number of methoxy groups -OCH3 is 4. The molecular weight excluding hydrogens is 308 g/mol. The van der Waals surface area contributed by atoms with Crippen molar-refractivity contribution in [3.05, 3.63) is 53.8 Å². The number of allylic oxidation sites excluding steroid dienone is 2. The summed E-state index contributed by atoms with van der Waals surface area (Å²) in [4.78, 5) is 0. The second kappa shape index (κ2) is 9.59. The van der Waals surface area contributed by atoms with Crippen LogP contribution in [0, 0.1) is 0 Å². The van der Waals surface area contributed by atoms with Gasteiger partial charge in [-0.25, -0.2) is 0 Å². The molecule has 2 rings (SSSR count). The van der Waals surface area contributed by atoms with Crippen molar-refractivity contribution in [3.63, 3.8) is 0 Å². The minimum absolute atomic E-state index is 0.257. The normalized spacial score (nSPS) is 29.1. The Morgan fingerprint density at radius 1 is 0.958 bits per heavy atom. The van der Waals surface area contributed by atoms with Crippen LogP contribution in [-0.2, 0) is 23.7 Å². The molecule has 1 aliphatic rings. The highest BCUT2D eigenvalue weighted by atomic mass is 16.6. The predicted molar refractivity (Wildman–Crippen MR) is 92.7 cm³/mol. The van der Waals surface area contributed by atoms with Gasteiger partial charge in [-0.1, -0.05) is 42.5 Å². The van der Waals surface area contributed by atoms with E-state index < -0.39 is 0 Å². The van der Waals surface area contributed by atoms with Crippen LogP contribution in [-0.4, -0.2) is 59.5 Å². The average Bonchev–Trinajstić information content (AvgIpc) is 2.62. The number of rotatable bonds is 7. The van der Waals surface area contributed by atoms with Crippen molar-refractivity contribution in [2.24, 2.45) is 0 Å². The van der Waals surface area contributed by atoms with Gasteiger partial charge >= 0.3 is 0 Å². The molecule has 132 valence electrons. The summed E-state index contributed by atoms with van der Waals surface area (Å²) in [5, 5.41) is 0. The van der Waals surface area contributed by atoms with Crippen molar-refractivity contribution in [1.82, 2.24) is 0 Å². The second-order valence-electron chi connectivity index (χ2n) is 5.51. The molecular formula is C19H26O5. The van der Waals surface area contributed by atoms with Gasteiger partial charge in [-0.15, -0.1) is 0 Å². The Hall–Kier alpha value is -1.66. The smallest absolute Gasteiger partial charge is 0.150 e. The van der Waals surface area contributed by atoms with E-state index in [1.54, 1.807) is 28.4 Å². The maximum Gasteiger partial charge on any atom is 0.150 e. The standard InChI is InChI=1S/C19H26O5/c1-20-13-16-18(22-3)19(23-4)17(21-2)15(24-16)12-8-11-14-9-6-5-7-10-14/h5-12,16-19H,13H2,1-4H3/b11-8+,15-12-/t16-,17+,18-,19-/m1/s1.